The minimum Gasteiger partial charge on any atom is -0.506 e. The molecule has 0 aromatic heterocycles. The molecule has 136 valence electrons. The van der Waals surface area contributed by atoms with E-state index in [1.807, 2.05) is 37.3 Å². The number of hydrogen-bond acceptors (Lipinski definition) is 3. The molecule has 26 heavy (non-hydrogen) atoms. The quantitative estimate of drug-likeness (QED) is 0.863. The average molecular weight is 373 g/mol. The number of aromatic hydroxyl groups is 1. The van der Waals surface area contributed by atoms with Crippen LogP contribution in [-0.4, -0.2) is 41.0 Å². The van der Waals surface area contributed by atoms with Crippen molar-refractivity contribution in [3.8, 4) is 16.9 Å². The van der Waals surface area contributed by atoms with E-state index in [9.17, 15) is 14.7 Å². The number of piperazine rings is 1. The number of carbonyl (C=O) groups excluding carboxylic acids is 2. The molecule has 6 heteroatoms. The highest BCUT2D eigenvalue weighted by Crippen LogP contribution is 2.34. The van der Waals surface area contributed by atoms with Crippen molar-refractivity contribution in [1.29, 1.82) is 0 Å². The predicted molar refractivity (Wildman–Crippen MR) is 101 cm³/mol. The van der Waals surface area contributed by atoms with Gasteiger partial charge in [-0.15, -0.1) is 0 Å². The van der Waals surface area contributed by atoms with Crippen molar-refractivity contribution in [2.24, 2.45) is 0 Å². The number of hydrogen-bond donors (Lipinski definition) is 2. The molecule has 1 heterocycles. The number of phenols is 1. The largest absolute Gasteiger partial charge is 0.506 e. The van der Waals surface area contributed by atoms with Crippen LogP contribution in [0.2, 0.25) is 5.02 Å². The Morgan fingerprint density at radius 3 is 2.69 bits per heavy atom. The molecular weight excluding hydrogens is 352 g/mol. The second kappa shape index (κ2) is 7.79. The van der Waals surface area contributed by atoms with E-state index >= 15 is 0 Å². The summed E-state index contributed by atoms with van der Waals surface area (Å²) in [5, 5.41) is 13.3. The Hall–Kier alpha value is -2.53. The van der Waals surface area contributed by atoms with Crippen LogP contribution in [0.3, 0.4) is 0 Å². The van der Waals surface area contributed by atoms with Crippen LogP contribution in [0.1, 0.15) is 30.1 Å². The van der Waals surface area contributed by atoms with Gasteiger partial charge in [-0.1, -0.05) is 55.3 Å². The molecule has 0 unspecified atom stereocenters. The van der Waals surface area contributed by atoms with Gasteiger partial charge in [0.05, 0.1) is 10.6 Å². The van der Waals surface area contributed by atoms with E-state index in [-0.39, 0.29) is 28.1 Å². The number of halogens is 1. The van der Waals surface area contributed by atoms with E-state index in [1.54, 1.807) is 12.1 Å². The number of benzene rings is 2. The lowest BCUT2D eigenvalue weighted by atomic mass is 10.00. The fraction of sp³-hybridized carbons (Fsp3) is 0.300. The Morgan fingerprint density at radius 2 is 2.00 bits per heavy atom. The van der Waals surface area contributed by atoms with Gasteiger partial charge < -0.3 is 15.3 Å². The van der Waals surface area contributed by atoms with Crippen LogP contribution in [0.5, 0.6) is 5.75 Å². The average Bonchev–Trinajstić information content (AvgIpc) is 2.66. The summed E-state index contributed by atoms with van der Waals surface area (Å²) in [7, 11) is 0. The Morgan fingerprint density at radius 1 is 1.27 bits per heavy atom. The Bertz CT molecular complexity index is 823. The zero-order valence-corrected chi connectivity index (χ0v) is 15.3. The topological polar surface area (TPSA) is 69.6 Å². The molecule has 2 N–H and O–H groups in total. The Kier molecular flexibility index (Phi) is 5.47. The molecule has 1 aliphatic heterocycles. The summed E-state index contributed by atoms with van der Waals surface area (Å²) in [6.07, 6.45) is 1.35. The number of nitrogens with zero attached hydrogens (tertiary/aromatic N) is 1. The van der Waals surface area contributed by atoms with Crippen LogP contribution in [0.25, 0.3) is 11.1 Å². The standard InChI is InChI=1S/C20H21ClN2O3/c1-2-6-17-19(25)22-9-10-23(17)20(26)15-11-14(12-16(21)18(15)24)13-7-4-3-5-8-13/h3-5,7-8,11-12,17,24H,2,6,9-10H2,1H3,(H,22,25)/t17-/m0/s1. The highest BCUT2D eigenvalue weighted by molar-refractivity contribution is 6.33. The second-order valence-corrected chi connectivity index (χ2v) is 6.72. The second-order valence-electron chi connectivity index (χ2n) is 6.31. The van der Waals surface area contributed by atoms with Gasteiger partial charge in [-0.3, -0.25) is 9.59 Å². The molecule has 2 aromatic rings. The van der Waals surface area contributed by atoms with Gasteiger partial charge in [0.1, 0.15) is 11.8 Å². The first-order chi connectivity index (χ1) is 12.5. The van der Waals surface area contributed by atoms with Crippen LogP contribution in [-0.2, 0) is 4.79 Å². The normalized spacial score (nSPS) is 17.1. The molecule has 0 radical (unpaired) electrons. The van der Waals surface area contributed by atoms with Gasteiger partial charge in [-0.05, 0) is 29.7 Å². The van der Waals surface area contributed by atoms with Crippen LogP contribution in [0, 0.1) is 0 Å². The molecule has 5 nitrogen and oxygen atoms in total. The van der Waals surface area contributed by atoms with Crippen LogP contribution in [0.4, 0.5) is 0 Å². The maximum absolute atomic E-state index is 13.1. The summed E-state index contributed by atoms with van der Waals surface area (Å²) in [5.74, 6) is -0.788. The molecule has 0 saturated carbocycles. The maximum atomic E-state index is 13.1. The third-order valence-electron chi connectivity index (χ3n) is 4.55. The van der Waals surface area contributed by atoms with Crippen LogP contribution in [0.15, 0.2) is 42.5 Å². The van der Waals surface area contributed by atoms with E-state index in [0.29, 0.717) is 19.5 Å². The summed E-state index contributed by atoms with van der Waals surface area (Å²) >= 11 is 6.18. The third-order valence-corrected chi connectivity index (χ3v) is 4.84. The minimum absolute atomic E-state index is 0.114. The molecule has 1 atom stereocenters. The van der Waals surface area contributed by atoms with Gasteiger partial charge in [0, 0.05) is 13.1 Å². The van der Waals surface area contributed by atoms with Gasteiger partial charge in [0.15, 0.2) is 0 Å². The zero-order valence-electron chi connectivity index (χ0n) is 14.5. The molecule has 2 aromatic carbocycles. The van der Waals surface area contributed by atoms with Crippen molar-refractivity contribution in [3.63, 3.8) is 0 Å². The van der Waals surface area contributed by atoms with Gasteiger partial charge in [0.2, 0.25) is 5.91 Å². The number of phenolic OH excluding ortho intramolecular Hbond substituents is 1. The van der Waals surface area contributed by atoms with Crippen molar-refractivity contribution in [1.82, 2.24) is 10.2 Å². The van der Waals surface area contributed by atoms with E-state index in [4.69, 9.17) is 11.6 Å². The predicted octanol–water partition coefficient (Wildman–Crippen LogP) is 3.45. The van der Waals surface area contributed by atoms with Crippen LogP contribution >= 0.6 is 11.6 Å². The number of rotatable bonds is 4. The lowest BCUT2D eigenvalue weighted by Crippen LogP contribution is -2.57. The molecule has 1 fully saturated rings. The minimum atomic E-state index is -0.528. The van der Waals surface area contributed by atoms with Crippen molar-refractivity contribution in [2.45, 2.75) is 25.8 Å². The number of amides is 2. The first-order valence-corrected chi connectivity index (χ1v) is 9.07. The maximum Gasteiger partial charge on any atom is 0.258 e. The lowest BCUT2D eigenvalue weighted by molar-refractivity contribution is -0.128. The van der Waals surface area contributed by atoms with E-state index in [2.05, 4.69) is 5.32 Å². The summed E-state index contributed by atoms with van der Waals surface area (Å²) in [5.41, 5.74) is 1.75. The lowest BCUT2D eigenvalue weighted by Gasteiger charge is -2.35. The highest BCUT2D eigenvalue weighted by Gasteiger charge is 2.34. The SMILES string of the molecule is CCC[C@H]1C(=O)NCCN1C(=O)c1cc(-c2ccccc2)cc(Cl)c1O. The monoisotopic (exact) mass is 372 g/mol. The van der Waals surface area contributed by atoms with Gasteiger partial charge in [-0.25, -0.2) is 0 Å². The smallest absolute Gasteiger partial charge is 0.258 e. The molecule has 1 saturated heterocycles. The van der Waals surface area contributed by atoms with E-state index < -0.39 is 6.04 Å². The van der Waals surface area contributed by atoms with Crippen molar-refractivity contribution < 1.29 is 14.7 Å². The van der Waals surface area contributed by atoms with Crippen molar-refractivity contribution in [2.75, 3.05) is 13.1 Å². The van der Waals surface area contributed by atoms with Crippen molar-refractivity contribution >= 4 is 23.4 Å². The number of nitrogens with one attached hydrogen (secondary N) is 1. The molecule has 0 spiro atoms. The summed E-state index contributed by atoms with van der Waals surface area (Å²) in [6, 6.07) is 12.2. The molecule has 1 aliphatic rings. The summed E-state index contributed by atoms with van der Waals surface area (Å²) in [4.78, 5) is 26.8. The fourth-order valence-electron chi connectivity index (χ4n) is 3.23. The van der Waals surface area contributed by atoms with Gasteiger partial charge in [-0.2, -0.15) is 0 Å². The molecule has 3 rings (SSSR count). The Balaban J connectivity index is 2.01. The highest BCUT2D eigenvalue weighted by atomic mass is 35.5. The third kappa shape index (κ3) is 3.53. The number of carbonyl (C=O) groups is 2. The molecule has 2 amide bonds. The van der Waals surface area contributed by atoms with Gasteiger partial charge in [0.25, 0.3) is 5.91 Å². The first kappa shape index (κ1) is 18.3. The van der Waals surface area contributed by atoms with Crippen molar-refractivity contribution in [3.05, 3.63) is 53.1 Å². The molecular formula is C20H21ClN2O3. The molecule has 0 bridgehead atoms. The summed E-state index contributed by atoms with van der Waals surface area (Å²) < 4.78 is 0. The molecule has 0 aliphatic carbocycles. The van der Waals surface area contributed by atoms with E-state index in [1.165, 1.54) is 4.90 Å². The Labute approximate surface area is 157 Å². The first-order valence-electron chi connectivity index (χ1n) is 8.69. The van der Waals surface area contributed by atoms with E-state index in [0.717, 1.165) is 17.5 Å². The summed E-state index contributed by atoms with van der Waals surface area (Å²) in [6.45, 7) is 2.77. The zero-order chi connectivity index (χ0) is 18.7. The van der Waals surface area contributed by atoms with Crippen LogP contribution < -0.4 is 5.32 Å². The fourth-order valence-corrected chi connectivity index (χ4v) is 3.45. The van der Waals surface area contributed by atoms with Gasteiger partial charge >= 0.3 is 0 Å².